The Morgan fingerprint density at radius 3 is 2.56 bits per heavy atom. The SMILES string of the molecule is CCCC/C=C/C#CCCCCCCCC(=O)O. The highest BCUT2D eigenvalue weighted by atomic mass is 16.4. The van der Waals surface area contributed by atoms with Crippen LogP contribution in [0.25, 0.3) is 0 Å². The lowest BCUT2D eigenvalue weighted by molar-refractivity contribution is -0.137. The Morgan fingerprint density at radius 2 is 1.83 bits per heavy atom. The molecule has 0 amide bonds. The van der Waals surface area contributed by atoms with Crippen molar-refractivity contribution in [1.82, 2.24) is 0 Å². The lowest BCUT2D eigenvalue weighted by Gasteiger charge is -1.97. The van der Waals surface area contributed by atoms with Gasteiger partial charge in [0.1, 0.15) is 0 Å². The quantitative estimate of drug-likeness (QED) is 0.456. The first kappa shape index (κ1) is 16.8. The molecule has 0 aliphatic heterocycles. The van der Waals surface area contributed by atoms with Crippen LogP contribution in [0.15, 0.2) is 12.2 Å². The highest BCUT2D eigenvalue weighted by molar-refractivity contribution is 5.66. The van der Waals surface area contributed by atoms with E-state index in [1.54, 1.807) is 0 Å². The van der Waals surface area contributed by atoms with Crippen LogP contribution in [0, 0.1) is 11.8 Å². The van der Waals surface area contributed by atoms with Gasteiger partial charge in [0.05, 0.1) is 0 Å². The molecule has 18 heavy (non-hydrogen) atoms. The van der Waals surface area contributed by atoms with E-state index in [0.717, 1.165) is 44.9 Å². The van der Waals surface area contributed by atoms with E-state index in [4.69, 9.17) is 5.11 Å². The van der Waals surface area contributed by atoms with Gasteiger partial charge < -0.3 is 5.11 Å². The second-order valence-electron chi connectivity index (χ2n) is 4.53. The predicted octanol–water partition coefficient (Wildman–Crippen LogP) is 4.55. The molecular weight excluding hydrogens is 224 g/mol. The van der Waals surface area contributed by atoms with Gasteiger partial charge in [-0.2, -0.15) is 0 Å². The highest BCUT2D eigenvalue weighted by Gasteiger charge is 1.95. The largest absolute Gasteiger partial charge is 0.481 e. The summed E-state index contributed by atoms with van der Waals surface area (Å²) in [4.78, 5) is 10.3. The van der Waals surface area contributed by atoms with Crippen LogP contribution < -0.4 is 0 Å². The van der Waals surface area contributed by atoms with Crippen molar-refractivity contribution >= 4 is 5.97 Å². The van der Waals surface area contributed by atoms with Gasteiger partial charge >= 0.3 is 5.97 Å². The van der Waals surface area contributed by atoms with E-state index in [-0.39, 0.29) is 0 Å². The molecule has 0 atom stereocenters. The predicted molar refractivity (Wildman–Crippen MR) is 76.4 cm³/mol. The van der Waals surface area contributed by atoms with E-state index in [1.165, 1.54) is 12.8 Å². The van der Waals surface area contributed by atoms with Crippen LogP contribution in [-0.4, -0.2) is 11.1 Å². The van der Waals surface area contributed by atoms with Crippen molar-refractivity contribution in [2.24, 2.45) is 0 Å². The summed E-state index contributed by atoms with van der Waals surface area (Å²) in [5.74, 6) is 5.51. The first-order valence-corrected chi connectivity index (χ1v) is 7.12. The van der Waals surface area contributed by atoms with Gasteiger partial charge in [-0.3, -0.25) is 4.79 Å². The summed E-state index contributed by atoms with van der Waals surface area (Å²) in [6.07, 6.45) is 14.2. The third-order valence-electron chi connectivity index (χ3n) is 2.72. The maximum Gasteiger partial charge on any atom is 0.303 e. The molecule has 2 heteroatoms. The fourth-order valence-electron chi connectivity index (χ4n) is 1.62. The monoisotopic (exact) mass is 250 g/mol. The first-order valence-electron chi connectivity index (χ1n) is 7.12. The van der Waals surface area contributed by atoms with Crippen LogP contribution in [0.5, 0.6) is 0 Å². The molecule has 0 bridgehead atoms. The minimum absolute atomic E-state index is 0.308. The molecule has 0 saturated carbocycles. The summed E-state index contributed by atoms with van der Waals surface area (Å²) in [5.41, 5.74) is 0. The molecule has 2 nitrogen and oxygen atoms in total. The molecule has 0 rings (SSSR count). The smallest absolute Gasteiger partial charge is 0.303 e. The maximum absolute atomic E-state index is 10.3. The molecule has 0 spiro atoms. The average Bonchev–Trinajstić information content (AvgIpc) is 2.34. The Morgan fingerprint density at radius 1 is 1.11 bits per heavy atom. The zero-order chi connectivity index (χ0) is 13.5. The number of hydrogen-bond donors (Lipinski definition) is 1. The van der Waals surface area contributed by atoms with Crippen LogP contribution in [0.4, 0.5) is 0 Å². The first-order chi connectivity index (χ1) is 8.77. The topological polar surface area (TPSA) is 37.3 Å². The van der Waals surface area contributed by atoms with E-state index in [1.807, 2.05) is 6.08 Å². The second-order valence-corrected chi connectivity index (χ2v) is 4.53. The molecule has 0 heterocycles. The number of carboxylic acid groups (broad SMARTS) is 1. The maximum atomic E-state index is 10.3. The van der Waals surface area contributed by atoms with Crippen molar-refractivity contribution in [3.63, 3.8) is 0 Å². The number of unbranched alkanes of at least 4 members (excludes halogenated alkanes) is 7. The Balaban J connectivity index is 3.22. The lowest BCUT2D eigenvalue weighted by Crippen LogP contribution is -1.93. The molecule has 0 unspecified atom stereocenters. The second kappa shape index (κ2) is 13.8. The van der Waals surface area contributed by atoms with Crippen molar-refractivity contribution in [2.75, 3.05) is 0 Å². The summed E-state index contributed by atoms with van der Waals surface area (Å²) in [6, 6.07) is 0. The number of carbonyl (C=O) groups is 1. The normalized spacial score (nSPS) is 10.3. The highest BCUT2D eigenvalue weighted by Crippen LogP contribution is 2.06. The minimum atomic E-state index is -0.685. The van der Waals surface area contributed by atoms with Crippen LogP contribution in [0.3, 0.4) is 0 Å². The van der Waals surface area contributed by atoms with Crippen molar-refractivity contribution in [3.8, 4) is 11.8 Å². The summed E-state index contributed by atoms with van der Waals surface area (Å²) < 4.78 is 0. The van der Waals surface area contributed by atoms with Crippen LogP contribution in [-0.2, 0) is 4.79 Å². The molecule has 0 aromatic heterocycles. The Hall–Kier alpha value is -1.23. The third-order valence-corrected chi connectivity index (χ3v) is 2.72. The zero-order valence-corrected chi connectivity index (χ0v) is 11.6. The molecule has 0 saturated heterocycles. The number of rotatable bonds is 10. The lowest BCUT2D eigenvalue weighted by atomic mass is 10.1. The van der Waals surface area contributed by atoms with Gasteiger partial charge in [0.25, 0.3) is 0 Å². The van der Waals surface area contributed by atoms with Gasteiger partial charge in [0.2, 0.25) is 0 Å². The molecule has 0 fully saturated rings. The van der Waals surface area contributed by atoms with Gasteiger partial charge in [0.15, 0.2) is 0 Å². The third kappa shape index (κ3) is 14.8. The van der Waals surface area contributed by atoms with Crippen LogP contribution in [0.2, 0.25) is 0 Å². The van der Waals surface area contributed by atoms with Crippen molar-refractivity contribution in [1.29, 1.82) is 0 Å². The van der Waals surface area contributed by atoms with E-state index in [0.29, 0.717) is 6.42 Å². The van der Waals surface area contributed by atoms with Gasteiger partial charge in [-0.15, -0.1) is 0 Å². The Bertz CT molecular complexity index is 281. The van der Waals surface area contributed by atoms with Crippen LogP contribution >= 0.6 is 0 Å². The number of allylic oxidation sites excluding steroid dienone is 2. The van der Waals surface area contributed by atoms with Gasteiger partial charge in [-0.25, -0.2) is 0 Å². The van der Waals surface area contributed by atoms with Gasteiger partial charge in [-0.05, 0) is 25.3 Å². The standard InChI is InChI=1S/C16H26O2/c1-2-3-4-5-6-7-8-9-10-11-12-13-14-15-16(17)18/h5-6H,2-4,9-15H2,1H3,(H,17,18)/b6-5+. The van der Waals surface area contributed by atoms with Crippen LogP contribution in [0.1, 0.15) is 71.1 Å². The summed E-state index contributed by atoms with van der Waals surface area (Å²) >= 11 is 0. The fourth-order valence-corrected chi connectivity index (χ4v) is 1.62. The molecule has 1 N–H and O–H groups in total. The number of aliphatic carboxylic acids is 1. The van der Waals surface area contributed by atoms with E-state index < -0.39 is 5.97 Å². The molecular formula is C16H26O2. The summed E-state index contributed by atoms with van der Waals surface area (Å²) in [7, 11) is 0. The molecule has 0 aromatic rings. The molecule has 0 aliphatic carbocycles. The minimum Gasteiger partial charge on any atom is -0.481 e. The van der Waals surface area contributed by atoms with Crippen molar-refractivity contribution in [3.05, 3.63) is 12.2 Å². The molecule has 0 radical (unpaired) electrons. The van der Waals surface area contributed by atoms with E-state index in [2.05, 4.69) is 24.8 Å². The van der Waals surface area contributed by atoms with Crippen molar-refractivity contribution in [2.45, 2.75) is 71.1 Å². The summed E-state index contributed by atoms with van der Waals surface area (Å²) in [5, 5.41) is 8.47. The average molecular weight is 250 g/mol. The molecule has 0 aromatic carbocycles. The van der Waals surface area contributed by atoms with Gasteiger partial charge in [0, 0.05) is 12.8 Å². The Kier molecular flexibility index (Phi) is 12.9. The van der Waals surface area contributed by atoms with E-state index in [9.17, 15) is 4.79 Å². The molecule has 102 valence electrons. The van der Waals surface area contributed by atoms with Gasteiger partial charge in [-0.1, -0.05) is 56.9 Å². The zero-order valence-electron chi connectivity index (χ0n) is 11.6. The molecule has 0 aliphatic rings. The number of hydrogen-bond acceptors (Lipinski definition) is 1. The Labute approximate surface area is 111 Å². The van der Waals surface area contributed by atoms with Crippen molar-refractivity contribution < 1.29 is 9.90 Å². The number of carboxylic acids is 1. The summed E-state index contributed by atoms with van der Waals surface area (Å²) in [6.45, 7) is 2.19. The van der Waals surface area contributed by atoms with E-state index >= 15 is 0 Å². The fraction of sp³-hybridized carbons (Fsp3) is 0.688.